The van der Waals surface area contributed by atoms with Gasteiger partial charge in [0.1, 0.15) is 11.5 Å². The number of H-pyrrole nitrogens is 1. The molecule has 1 aromatic rings. The number of amides is 1. The zero-order valence-electron chi connectivity index (χ0n) is 9.71. The Balaban J connectivity index is 1.89. The average Bonchev–Trinajstić information content (AvgIpc) is 2.92. The summed E-state index contributed by atoms with van der Waals surface area (Å²) in [5.74, 6) is 0.825. The second-order valence-electron chi connectivity index (χ2n) is 4.91. The maximum absolute atomic E-state index is 11.7. The quantitative estimate of drug-likeness (QED) is 0.714. The molecule has 1 heterocycles. The van der Waals surface area contributed by atoms with E-state index in [1.54, 1.807) is 6.07 Å². The monoisotopic (exact) mass is 222 g/mol. The van der Waals surface area contributed by atoms with Crippen molar-refractivity contribution in [2.45, 2.75) is 26.7 Å². The van der Waals surface area contributed by atoms with Crippen molar-refractivity contribution in [2.75, 3.05) is 12.3 Å². The topological polar surface area (TPSA) is 83.8 Å². The molecule has 1 fully saturated rings. The van der Waals surface area contributed by atoms with Crippen molar-refractivity contribution in [2.24, 2.45) is 11.3 Å². The summed E-state index contributed by atoms with van der Waals surface area (Å²) >= 11 is 0. The Morgan fingerprint density at radius 1 is 1.69 bits per heavy atom. The first-order valence-corrected chi connectivity index (χ1v) is 5.62. The number of hydrogen-bond acceptors (Lipinski definition) is 3. The standard InChI is InChI=1S/C11H18N4O/c1-7(2)11(3-4-11)6-13-10(16)8-5-9(12)15-14-8/h5,7H,3-4,6H2,1-2H3,(H,13,16)(H3,12,14,15). The van der Waals surface area contributed by atoms with Crippen LogP contribution in [0.4, 0.5) is 5.82 Å². The van der Waals surface area contributed by atoms with Crippen molar-refractivity contribution in [1.82, 2.24) is 15.5 Å². The lowest BCUT2D eigenvalue weighted by Gasteiger charge is -2.19. The highest BCUT2D eigenvalue weighted by Gasteiger charge is 2.45. The highest BCUT2D eigenvalue weighted by Crippen LogP contribution is 2.51. The van der Waals surface area contributed by atoms with Gasteiger partial charge in [0.25, 0.3) is 5.91 Å². The molecule has 4 N–H and O–H groups in total. The third-order valence-electron chi connectivity index (χ3n) is 3.56. The van der Waals surface area contributed by atoms with E-state index in [-0.39, 0.29) is 5.91 Å². The van der Waals surface area contributed by atoms with Crippen LogP contribution >= 0.6 is 0 Å². The smallest absolute Gasteiger partial charge is 0.269 e. The molecule has 88 valence electrons. The normalized spacial score (nSPS) is 17.4. The molecule has 0 unspecified atom stereocenters. The van der Waals surface area contributed by atoms with Gasteiger partial charge in [-0.25, -0.2) is 0 Å². The molecular formula is C11H18N4O. The summed E-state index contributed by atoms with van der Waals surface area (Å²) in [6, 6.07) is 1.55. The minimum atomic E-state index is -0.129. The van der Waals surface area contributed by atoms with Crippen molar-refractivity contribution in [3.05, 3.63) is 11.8 Å². The summed E-state index contributed by atoms with van der Waals surface area (Å²) in [5, 5.41) is 9.26. The maximum atomic E-state index is 11.7. The van der Waals surface area contributed by atoms with Gasteiger partial charge >= 0.3 is 0 Å². The van der Waals surface area contributed by atoms with Gasteiger partial charge in [0, 0.05) is 12.6 Å². The highest BCUT2D eigenvalue weighted by molar-refractivity contribution is 5.92. The number of anilines is 1. The summed E-state index contributed by atoms with van der Waals surface area (Å²) < 4.78 is 0. The molecule has 0 saturated heterocycles. The molecule has 0 aromatic carbocycles. The molecule has 5 heteroatoms. The third-order valence-corrected chi connectivity index (χ3v) is 3.56. The maximum Gasteiger partial charge on any atom is 0.269 e. The molecule has 1 saturated carbocycles. The highest BCUT2D eigenvalue weighted by atomic mass is 16.1. The van der Waals surface area contributed by atoms with Crippen LogP contribution in [0.1, 0.15) is 37.2 Å². The average molecular weight is 222 g/mol. The van der Waals surface area contributed by atoms with Gasteiger partial charge in [-0.1, -0.05) is 13.8 Å². The van der Waals surface area contributed by atoms with E-state index in [1.807, 2.05) is 0 Å². The Morgan fingerprint density at radius 3 is 2.81 bits per heavy atom. The predicted octanol–water partition coefficient (Wildman–Crippen LogP) is 1.16. The molecule has 0 spiro atoms. The molecule has 5 nitrogen and oxygen atoms in total. The Morgan fingerprint density at radius 2 is 2.38 bits per heavy atom. The summed E-state index contributed by atoms with van der Waals surface area (Å²) in [4.78, 5) is 11.7. The minimum absolute atomic E-state index is 0.129. The fraction of sp³-hybridized carbons (Fsp3) is 0.636. The number of aromatic nitrogens is 2. The van der Waals surface area contributed by atoms with Crippen molar-refractivity contribution >= 4 is 11.7 Å². The number of carbonyl (C=O) groups is 1. The van der Waals surface area contributed by atoms with Gasteiger partial charge in [-0.05, 0) is 24.2 Å². The second-order valence-corrected chi connectivity index (χ2v) is 4.91. The third kappa shape index (κ3) is 2.03. The lowest BCUT2D eigenvalue weighted by molar-refractivity contribution is 0.0934. The van der Waals surface area contributed by atoms with Crippen LogP contribution in [0.2, 0.25) is 0 Å². The van der Waals surface area contributed by atoms with Crippen LogP contribution in [0, 0.1) is 11.3 Å². The Bertz CT molecular complexity index is 392. The van der Waals surface area contributed by atoms with Gasteiger partial charge < -0.3 is 11.1 Å². The molecule has 2 rings (SSSR count). The minimum Gasteiger partial charge on any atom is -0.382 e. The molecule has 1 aliphatic rings. The van der Waals surface area contributed by atoms with Crippen LogP contribution in [0.25, 0.3) is 0 Å². The number of nitrogens with two attached hydrogens (primary N) is 1. The van der Waals surface area contributed by atoms with Gasteiger partial charge in [-0.2, -0.15) is 5.10 Å². The number of rotatable bonds is 4. The van der Waals surface area contributed by atoms with Gasteiger partial charge in [-0.3, -0.25) is 9.89 Å². The van der Waals surface area contributed by atoms with Crippen LogP contribution in [0.15, 0.2) is 6.07 Å². The van der Waals surface area contributed by atoms with Gasteiger partial charge in [0.05, 0.1) is 0 Å². The molecule has 0 aliphatic heterocycles. The largest absolute Gasteiger partial charge is 0.382 e. The molecule has 0 bridgehead atoms. The van der Waals surface area contributed by atoms with Crippen LogP contribution in [-0.4, -0.2) is 22.6 Å². The summed E-state index contributed by atoms with van der Waals surface area (Å²) in [6.07, 6.45) is 2.41. The van der Waals surface area contributed by atoms with Gasteiger partial charge in [0.2, 0.25) is 0 Å². The fourth-order valence-electron chi connectivity index (χ4n) is 1.92. The SMILES string of the molecule is CC(C)C1(CNC(=O)c2cc(N)n[nH]2)CC1. The number of nitrogens with one attached hydrogen (secondary N) is 2. The molecule has 1 aromatic heterocycles. The number of nitrogen functional groups attached to an aromatic ring is 1. The first-order chi connectivity index (χ1) is 7.53. The molecule has 0 radical (unpaired) electrons. The molecule has 1 amide bonds. The molecular weight excluding hydrogens is 204 g/mol. The van der Waals surface area contributed by atoms with E-state index in [2.05, 4.69) is 29.4 Å². The first-order valence-electron chi connectivity index (χ1n) is 5.62. The van der Waals surface area contributed by atoms with E-state index in [1.165, 1.54) is 12.8 Å². The van der Waals surface area contributed by atoms with E-state index in [0.29, 0.717) is 22.8 Å². The number of aromatic amines is 1. The van der Waals surface area contributed by atoms with E-state index in [4.69, 9.17) is 5.73 Å². The zero-order valence-corrected chi connectivity index (χ0v) is 9.71. The summed E-state index contributed by atoms with van der Waals surface area (Å²) in [5.41, 5.74) is 6.19. The Labute approximate surface area is 94.8 Å². The number of hydrogen-bond donors (Lipinski definition) is 3. The first kappa shape index (κ1) is 11.0. The van der Waals surface area contributed by atoms with E-state index in [9.17, 15) is 4.79 Å². The summed E-state index contributed by atoms with van der Waals surface area (Å²) in [6.45, 7) is 5.14. The lowest BCUT2D eigenvalue weighted by atomic mass is 9.92. The van der Waals surface area contributed by atoms with Crippen LogP contribution in [0.3, 0.4) is 0 Å². The van der Waals surface area contributed by atoms with Crippen molar-refractivity contribution < 1.29 is 4.79 Å². The van der Waals surface area contributed by atoms with Crippen molar-refractivity contribution in [3.63, 3.8) is 0 Å². The van der Waals surface area contributed by atoms with Crippen molar-refractivity contribution in [3.8, 4) is 0 Å². The van der Waals surface area contributed by atoms with Gasteiger partial charge in [0.15, 0.2) is 0 Å². The van der Waals surface area contributed by atoms with E-state index in [0.717, 1.165) is 6.54 Å². The number of carbonyl (C=O) groups excluding carboxylic acids is 1. The van der Waals surface area contributed by atoms with Crippen LogP contribution in [-0.2, 0) is 0 Å². The predicted molar refractivity (Wildman–Crippen MR) is 61.8 cm³/mol. The lowest BCUT2D eigenvalue weighted by Crippen LogP contribution is -2.32. The van der Waals surface area contributed by atoms with E-state index < -0.39 is 0 Å². The summed E-state index contributed by atoms with van der Waals surface area (Å²) in [7, 11) is 0. The fourth-order valence-corrected chi connectivity index (χ4v) is 1.92. The van der Waals surface area contributed by atoms with Crippen molar-refractivity contribution in [1.29, 1.82) is 0 Å². The zero-order chi connectivity index (χ0) is 11.8. The van der Waals surface area contributed by atoms with Crippen LogP contribution in [0.5, 0.6) is 0 Å². The number of nitrogens with zero attached hydrogens (tertiary/aromatic N) is 1. The second kappa shape index (κ2) is 3.81. The molecule has 0 atom stereocenters. The van der Waals surface area contributed by atoms with E-state index >= 15 is 0 Å². The molecule has 1 aliphatic carbocycles. The Hall–Kier alpha value is -1.52. The van der Waals surface area contributed by atoms with Gasteiger partial charge in [-0.15, -0.1) is 0 Å². The Kier molecular flexibility index (Phi) is 2.61. The van der Waals surface area contributed by atoms with Crippen LogP contribution < -0.4 is 11.1 Å². The molecule has 16 heavy (non-hydrogen) atoms.